The molecule has 7 rings (SSSR count). The predicted molar refractivity (Wildman–Crippen MR) is 298 cm³/mol. The summed E-state index contributed by atoms with van der Waals surface area (Å²) in [4.78, 5) is 156. The third kappa shape index (κ3) is 16.4. The number of allylic oxidation sites excluding steroid dienone is 1. The lowest BCUT2D eigenvalue weighted by atomic mass is 10.00. The van der Waals surface area contributed by atoms with Crippen LogP contribution in [0.1, 0.15) is 115 Å². The molecule has 80 heavy (non-hydrogen) atoms. The Morgan fingerprint density at radius 2 is 1.29 bits per heavy atom. The first-order chi connectivity index (χ1) is 38.4. The van der Waals surface area contributed by atoms with Crippen LogP contribution in [0.15, 0.2) is 82.6 Å². The average molecular weight is 1100 g/mol. The highest BCUT2D eigenvalue weighted by atomic mass is 16.2. The van der Waals surface area contributed by atoms with Gasteiger partial charge in [-0.1, -0.05) is 61.0 Å². The van der Waals surface area contributed by atoms with Gasteiger partial charge in [-0.2, -0.15) is 0 Å². The maximum Gasteiger partial charge on any atom is 0.245 e. The maximum atomic E-state index is 15.1. The van der Waals surface area contributed by atoms with Gasteiger partial charge in [0.05, 0.1) is 6.04 Å². The molecule has 4 aliphatic heterocycles. The molecule has 0 aliphatic carbocycles. The van der Waals surface area contributed by atoms with Crippen molar-refractivity contribution in [1.82, 2.24) is 46.7 Å². The number of amides is 8. The lowest BCUT2D eigenvalue weighted by Gasteiger charge is -2.33. The number of benzene rings is 2. The number of nitrogens with zero attached hydrogens (tertiary/aromatic N) is 4. The number of guanidine groups is 1. The van der Waals surface area contributed by atoms with Gasteiger partial charge >= 0.3 is 0 Å². The van der Waals surface area contributed by atoms with E-state index in [0.717, 1.165) is 10.9 Å². The van der Waals surface area contributed by atoms with Gasteiger partial charge in [-0.05, 0) is 81.9 Å². The fraction of sp³-hybridized carbons (Fsp3) is 0.509. The number of aromatic amines is 1. The SMILES string of the molecule is CC(=O)N[C@H]1CCC(=O)CCCC[C@@H](C(=O)N2CCC[C@@H]2C(=O)N2CCC[C@@H]2C(C)=O)NC(=O)[C@H](Cc2c[nH]c3ccccc23)NC(=O)[C@H](CCCN=C(N)N)NC(=O)[C@@H](Cc2ccccc2)NC(=O)[C@H](CC2=CCC=N2)NC1=O. The molecule has 0 unspecified atom stereocenters. The molecule has 23 heteroatoms. The maximum absolute atomic E-state index is 15.1. The number of carbonyl (C=O) groups excluding carboxylic acids is 10. The van der Waals surface area contributed by atoms with Crippen LogP contribution >= 0.6 is 0 Å². The van der Waals surface area contributed by atoms with Gasteiger partial charge in [-0.3, -0.25) is 57.9 Å². The van der Waals surface area contributed by atoms with E-state index in [1.54, 1.807) is 53.7 Å². The Hall–Kier alpha value is -8.24. The average Bonchev–Trinajstić information content (AvgIpc) is 4.33. The highest BCUT2D eigenvalue weighted by Gasteiger charge is 2.43. The van der Waals surface area contributed by atoms with Crippen LogP contribution in [0.2, 0.25) is 0 Å². The number of nitrogens with one attached hydrogen (secondary N) is 7. The number of aliphatic imine (C=N–C) groups is 2. The number of para-hydroxylation sites is 1. The molecular formula is C57H75N13O10. The number of Topliss-reactive ketones (excluding diaryl/α,β-unsaturated/α-hetero) is 2. The summed E-state index contributed by atoms with van der Waals surface area (Å²) in [6.45, 7) is 3.30. The summed E-state index contributed by atoms with van der Waals surface area (Å²) in [7, 11) is 0. The van der Waals surface area contributed by atoms with E-state index >= 15 is 4.79 Å². The number of fused-ring (bicyclic) bond motifs is 1. The van der Waals surface area contributed by atoms with Crippen LogP contribution in [0.5, 0.6) is 0 Å². The van der Waals surface area contributed by atoms with Crippen molar-refractivity contribution in [3.8, 4) is 0 Å². The molecule has 3 fully saturated rings. The molecule has 3 saturated heterocycles. The molecule has 0 radical (unpaired) electrons. The van der Waals surface area contributed by atoms with Crippen LogP contribution < -0.4 is 43.4 Å². The van der Waals surface area contributed by atoms with Crippen molar-refractivity contribution in [3.05, 3.63) is 83.7 Å². The number of rotatable bonds is 14. The van der Waals surface area contributed by atoms with Crippen LogP contribution in [0.4, 0.5) is 0 Å². The van der Waals surface area contributed by atoms with E-state index in [-0.39, 0.29) is 107 Å². The van der Waals surface area contributed by atoms with Crippen molar-refractivity contribution in [1.29, 1.82) is 0 Å². The van der Waals surface area contributed by atoms with E-state index in [4.69, 9.17) is 11.5 Å². The fourth-order valence-corrected chi connectivity index (χ4v) is 10.9. The number of hydrogen-bond donors (Lipinski definition) is 9. The molecule has 23 nitrogen and oxygen atoms in total. The zero-order valence-electron chi connectivity index (χ0n) is 45.5. The van der Waals surface area contributed by atoms with Crippen LogP contribution in [-0.4, -0.2) is 154 Å². The Kier molecular flexibility index (Phi) is 21.2. The van der Waals surface area contributed by atoms with Gasteiger partial charge in [-0.15, -0.1) is 0 Å². The quantitative estimate of drug-likeness (QED) is 0.0625. The van der Waals surface area contributed by atoms with Gasteiger partial charge in [0.25, 0.3) is 0 Å². The molecule has 0 saturated carbocycles. The molecular weight excluding hydrogens is 1030 g/mol. The fourth-order valence-electron chi connectivity index (χ4n) is 10.9. The van der Waals surface area contributed by atoms with Gasteiger partial charge in [0.2, 0.25) is 47.3 Å². The monoisotopic (exact) mass is 1100 g/mol. The van der Waals surface area contributed by atoms with Gasteiger partial charge in [0, 0.05) is 94.1 Å². The van der Waals surface area contributed by atoms with E-state index < -0.39 is 89.7 Å². The van der Waals surface area contributed by atoms with Gasteiger partial charge in [0.1, 0.15) is 48.1 Å². The summed E-state index contributed by atoms with van der Waals surface area (Å²) >= 11 is 0. The zero-order valence-corrected chi connectivity index (χ0v) is 45.5. The van der Waals surface area contributed by atoms with E-state index in [2.05, 4.69) is 46.9 Å². The number of nitrogens with two attached hydrogens (primary N) is 2. The first kappa shape index (κ1) is 59.4. The number of aromatic nitrogens is 1. The summed E-state index contributed by atoms with van der Waals surface area (Å²) in [6, 6.07) is 6.78. The summed E-state index contributed by atoms with van der Waals surface area (Å²) in [5.41, 5.74) is 13.8. The Labute approximate surface area is 464 Å². The number of H-pyrrole nitrogens is 1. The second-order valence-corrected chi connectivity index (χ2v) is 21.0. The van der Waals surface area contributed by atoms with E-state index in [0.29, 0.717) is 55.5 Å². The summed E-state index contributed by atoms with van der Waals surface area (Å²) in [6.07, 6.45) is 7.77. The Bertz CT molecular complexity index is 2860. The van der Waals surface area contributed by atoms with Crippen molar-refractivity contribution < 1.29 is 47.9 Å². The highest BCUT2D eigenvalue weighted by molar-refractivity contribution is 5.99. The molecule has 4 aliphatic rings. The minimum Gasteiger partial charge on any atom is -0.370 e. The minimum atomic E-state index is -1.37. The predicted octanol–water partition coefficient (Wildman–Crippen LogP) is 1.18. The van der Waals surface area contributed by atoms with E-state index in [9.17, 15) is 43.2 Å². The number of hydrogen-bond acceptors (Lipinski definition) is 12. The summed E-state index contributed by atoms with van der Waals surface area (Å²) < 4.78 is 0. The third-order valence-corrected chi connectivity index (χ3v) is 15.0. The molecule has 0 spiro atoms. The molecule has 0 bridgehead atoms. The minimum absolute atomic E-state index is 0.0142. The van der Waals surface area contributed by atoms with Crippen LogP contribution in [0, 0.1) is 0 Å². The Morgan fingerprint density at radius 3 is 1.98 bits per heavy atom. The number of ketones is 2. The lowest BCUT2D eigenvalue weighted by molar-refractivity contribution is -0.147. The van der Waals surface area contributed by atoms with E-state index in [1.165, 1.54) is 18.7 Å². The van der Waals surface area contributed by atoms with Crippen molar-refractivity contribution in [2.75, 3.05) is 19.6 Å². The van der Waals surface area contributed by atoms with Gasteiger partial charge in [-0.25, -0.2) is 0 Å². The highest BCUT2D eigenvalue weighted by Crippen LogP contribution is 2.27. The smallest absolute Gasteiger partial charge is 0.245 e. The van der Waals surface area contributed by atoms with E-state index in [1.807, 2.05) is 24.3 Å². The summed E-state index contributed by atoms with van der Waals surface area (Å²) in [5.74, 6) is -5.89. The number of likely N-dealkylation sites (tertiary alicyclic amines) is 2. The van der Waals surface area contributed by atoms with Crippen molar-refractivity contribution in [2.45, 2.75) is 165 Å². The lowest BCUT2D eigenvalue weighted by Crippen LogP contribution is -2.60. The Morgan fingerprint density at radius 1 is 0.662 bits per heavy atom. The summed E-state index contributed by atoms with van der Waals surface area (Å²) in [5, 5.41) is 17.5. The zero-order chi connectivity index (χ0) is 57.3. The second kappa shape index (κ2) is 28.6. The molecule has 3 aromatic rings. The standard InChI is InChI=1S/C57H75N13O10/c1-34(71)48-22-12-28-69(48)56(80)49-23-13-29-70(49)55(79)44-20-8-6-17-39(73)24-25-43(63-35(2)72)51(75)68-47(32-38-16-10-26-60-38)54(78)66-45(30-36-14-4-3-5-15-36)52(76)64-42(21-11-27-61-57(58)59)50(74)67-46(53(77)65-44)31-37-33-62-41-19-9-7-18-40(37)41/h3-5,7,9,14-16,18-19,26,33,42-49,62H,6,8,10-13,17,20-25,27-32H2,1-2H3,(H,63,72)(H,64,76)(H,65,77)(H,66,78)(H,67,74)(H,68,75)(H4,58,59,61)/t42-,43-,44-,45+,46-,47-,48+,49+/m0/s1. The molecule has 11 N–H and O–H groups in total. The van der Waals surface area contributed by atoms with Crippen molar-refractivity contribution >= 4 is 81.9 Å². The second-order valence-electron chi connectivity index (χ2n) is 21.0. The molecule has 2 aromatic carbocycles. The molecule has 5 heterocycles. The molecule has 8 amide bonds. The topological polar surface area (TPSA) is 342 Å². The number of carbonyl (C=O) groups is 10. The first-order valence-electron chi connectivity index (χ1n) is 27.7. The molecule has 428 valence electrons. The van der Waals surface area contributed by atoms with Gasteiger partial charge < -0.3 is 58.2 Å². The van der Waals surface area contributed by atoms with Crippen LogP contribution in [-0.2, 0) is 60.8 Å². The Balaban J connectivity index is 1.26. The molecule has 8 atom stereocenters. The van der Waals surface area contributed by atoms with Crippen LogP contribution in [0.25, 0.3) is 10.9 Å². The largest absolute Gasteiger partial charge is 0.370 e. The normalized spacial score (nSPS) is 24.9. The van der Waals surface area contributed by atoms with Crippen molar-refractivity contribution in [2.24, 2.45) is 21.5 Å². The van der Waals surface area contributed by atoms with Crippen molar-refractivity contribution in [3.63, 3.8) is 0 Å². The first-order valence-corrected chi connectivity index (χ1v) is 27.7. The molecule has 1 aromatic heterocycles. The third-order valence-electron chi connectivity index (χ3n) is 15.0. The van der Waals surface area contributed by atoms with Crippen LogP contribution in [0.3, 0.4) is 0 Å². The van der Waals surface area contributed by atoms with Gasteiger partial charge in [0.15, 0.2) is 11.7 Å².